The molecule has 2 aromatic rings. The van der Waals surface area contributed by atoms with Crippen LogP contribution in [-0.4, -0.2) is 69.6 Å². The molecule has 4 heterocycles. The fraction of sp³-hybridized carbons (Fsp3) is 0.500. The van der Waals surface area contributed by atoms with Crippen LogP contribution in [-0.2, 0) is 20.9 Å². The number of hydrogen-bond acceptors (Lipinski definition) is 7. The minimum Gasteiger partial charge on any atom is -0.475 e. The molecule has 32 heavy (non-hydrogen) atoms. The van der Waals surface area contributed by atoms with E-state index in [2.05, 4.69) is 10.1 Å². The summed E-state index contributed by atoms with van der Waals surface area (Å²) in [6.45, 7) is 2.41. The van der Waals surface area contributed by atoms with Crippen molar-refractivity contribution in [2.24, 2.45) is 0 Å². The van der Waals surface area contributed by atoms with E-state index in [-0.39, 0.29) is 17.6 Å². The smallest absolute Gasteiger partial charge is 0.475 e. The average molecular weight is 457 g/mol. The van der Waals surface area contributed by atoms with Gasteiger partial charge in [0, 0.05) is 25.4 Å². The number of carboxylic acid groups (broad SMARTS) is 1. The van der Waals surface area contributed by atoms with Crippen LogP contribution in [0, 0.1) is 0 Å². The summed E-state index contributed by atoms with van der Waals surface area (Å²) < 4.78 is 48.6. The van der Waals surface area contributed by atoms with E-state index >= 15 is 0 Å². The predicted octanol–water partition coefficient (Wildman–Crippen LogP) is 2.68. The Labute approximate surface area is 181 Å². The number of aliphatic carboxylic acids is 1. The number of hydrogen-bond donors (Lipinski definition) is 1. The zero-order valence-corrected chi connectivity index (χ0v) is 17.0. The lowest BCUT2D eigenvalue weighted by molar-refractivity contribution is -0.192. The summed E-state index contributed by atoms with van der Waals surface area (Å²) in [4.78, 5) is 27.4. The summed E-state index contributed by atoms with van der Waals surface area (Å²) in [5.41, 5.74) is 1.24. The van der Waals surface area contributed by atoms with E-state index in [0.29, 0.717) is 25.3 Å². The van der Waals surface area contributed by atoms with Crippen molar-refractivity contribution in [1.29, 1.82) is 0 Å². The number of piperidine rings is 1. The summed E-state index contributed by atoms with van der Waals surface area (Å²) in [6.07, 6.45) is 4.05. The third-order valence-electron chi connectivity index (χ3n) is 5.13. The van der Waals surface area contributed by atoms with Gasteiger partial charge in [0.15, 0.2) is 0 Å². The van der Waals surface area contributed by atoms with Gasteiger partial charge in [-0.05, 0) is 24.5 Å². The highest BCUT2D eigenvalue weighted by atomic mass is 19.4. The molecule has 2 saturated heterocycles. The molecule has 0 saturated carbocycles. The molecule has 2 fully saturated rings. The van der Waals surface area contributed by atoms with Gasteiger partial charge in [-0.1, -0.05) is 11.2 Å². The summed E-state index contributed by atoms with van der Waals surface area (Å²) in [6, 6.07) is 3.90. The molecule has 0 unspecified atom stereocenters. The third kappa shape index (κ3) is 6.26. The van der Waals surface area contributed by atoms with Crippen LogP contribution in [0.2, 0.25) is 0 Å². The molecule has 1 spiro atoms. The van der Waals surface area contributed by atoms with E-state index in [1.807, 2.05) is 23.2 Å². The Morgan fingerprint density at radius 3 is 2.75 bits per heavy atom. The van der Waals surface area contributed by atoms with Gasteiger partial charge in [0.25, 0.3) is 5.91 Å². The van der Waals surface area contributed by atoms with E-state index in [1.54, 1.807) is 6.20 Å². The van der Waals surface area contributed by atoms with Gasteiger partial charge >= 0.3 is 12.1 Å². The number of amides is 1. The average Bonchev–Trinajstić information content (AvgIpc) is 3.43. The molecule has 2 aliphatic rings. The maximum Gasteiger partial charge on any atom is 0.490 e. The van der Waals surface area contributed by atoms with E-state index in [1.165, 1.54) is 12.5 Å². The quantitative estimate of drug-likeness (QED) is 0.745. The first-order chi connectivity index (χ1) is 15.2. The molecule has 2 atom stereocenters. The van der Waals surface area contributed by atoms with Crippen LogP contribution in [0.1, 0.15) is 35.2 Å². The van der Waals surface area contributed by atoms with Crippen LogP contribution in [0.25, 0.3) is 0 Å². The topological polar surface area (TPSA) is 115 Å². The van der Waals surface area contributed by atoms with Gasteiger partial charge in [-0.25, -0.2) is 4.79 Å². The van der Waals surface area contributed by atoms with Crippen molar-refractivity contribution < 1.29 is 41.9 Å². The zero-order valence-electron chi connectivity index (χ0n) is 17.0. The molecule has 4 rings (SSSR count). The summed E-state index contributed by atoms with van der Waals surface area (Å²) in [5, 5.41) is 10.7. The van der Waals surface area contributed by atoms with Crippen molar-refractivity contribution in [1.82, 2.24) is 15.0 Å². The fourth-order valence-corrected chi connectivity index (χ4v) is 3.66. The largest absolute Gasteiger partial charge is 0.490 e. The van der Waals surface area contributed by atoms with E-state index in [9.17, 15) is 18.0 Å². The fourth-order valence-electron chi connectivity index (χ4n) is 3.66. The maximum atomic E-state index is 12.5. The number of ether oxygens (including phenoxy) is 2. The first-order valence-corrected chi connectivity index (χ1v) is 9.82. The molecule has 12 heteroatoms. The summed E-state index contributed by atoms with van der Waals surface area (Å²) >= 11 is 0. The Hall–Kier alpha value is -2.99. The van der Waals surface area contributed by atoms with Crippen LogP contribution in [0.5, 0.6) is 0 Å². The Morgan fingerprint density at radius 2 is 2.12 bits per heavy atom. The second-order valence-corrected chi connectivity index (χ2v) is 7.54. The second kappa shape index (κ2) is 10.1. The highest BCUT2D eigenvalue weighted by Crippen LogP contribution is 2.36. The van der Waals surface area contributed by atoms with Crippen molar-refractivity contribution in [3.8, 4) is 0 Å². The van der Waals surface area contributed by atoms with Gasteiger partial charge in [-0.2, -0.15) is 13.2 Å². The van der Waals surface area contributed by atoms with Gasteiger partial charge in [-0.3, -0.25) is 9.78 Å². The highest BCUT2D eigenvalue weighted by molar-refractivity contribution is 5.93. The van der Waals surface area contributed by atoms with E-state index in [4.69, 9.17) is 23.9 Å². The van der Waals surface area contributed by atoms with Crippen molar-refractivity contribution in [2.45, 2.75) is 43.8 Å². The van der Waals surface area contributed by atoms with Gasteiger partial charge < -0.3 is 24.0 Å². The molecule has 2 aliphatic heterocycles. The molecule has 1 N–H and O–H groups in total. The number of aromatic nitrogens is 2. The summed E-state index contributed by atoms with van der Waals surface area (Å²) in [5.74, 6) is -2.81. The molecule has 0 aliphatic carbocycles. The van der Waals surface area contributed by atoms with Crippen LogP contribution in [0.15, 0.2) is 41.5 Å². The highest BCUT2D eigenvalue weighted by Gasteiger charge is 2.45. The Morgan fingerprint density at radius 1 is 1.34 bits per heavy atom. The lowest BCUT2D eigenvalue weighted by Crippen LogP contribution is -2.50. The number of rotatable bonds is 4. The number of carboxylic acids is 1. The number of carbonyl (C=O) groups is 2. The number of nitrogens with zero attached hydrogens (tertiary/aromatic N) is 3. The molecule has 1 amide bonds. The molecule has 2 aromatic heterocycles. The molecule has 9 nitrogen and oxygen atoms in total. The van der Waals surface area contributed by atoms with Gasteiger partial charge in [0.2, 0.25) is 0 Å². The molecule has 0 radical (unpaired) electrons. The molecule has 174 valence electrons. The zero-order chi connectivity index (χ0) is 23.2. The van der Waals surface area contributed by atoms with E-state index in [0.717, 1.165) is 31.4 Å². The van der Waals surface area contributed by atoms with Crippen molar-refractivity contribution in [3.63, 3.8) is 0 Å². The first-order valence-electron chi connectivity index (χ1n) is 9.82. The number of carbonyl (C=O) groups excluding carboxylic acids is 1. The van der Waals surface area contributed by atoms with Gasteiger partial charge in [0.05, 0.1) is 43.2 Å². The SMILES string of the molecule is O=C(O)C(F)(F)F.O=C(c1cnoc1)N1CCC[C@]2(C[C@@H](OCc3cccnc3)CO2)C1. The van der Waals surface area contributed by atoms with Gasteiger partial charge in [0.1, 0.15) is 6.26 Å². The minimum absolute atomic E-state index is 0.0471. The lowest BCUT2D eigenvalue weighted by atomic mass is 9.89. The Kier molecular flexibility index (Phi) is 7.46. The summed E-state index contributed by atoms with van der Waals surface area (Å²) in [7, 11) is 0. The normalized spacial score (nSPS) is 23.0. The molecule has 0 bridgehead atoms. The second-order valence-electron chi connectivity index (χ2n) is 7.54. The third-order valence-corrected chi connectivity index (χ3v) is 5.13. The van der Waals surface area contributed by atoms with Crippen molar-refractivity contribution in [3.05, 3.63) is 48.1 Å². The molecular weight excluding hydrogens is 435 g/mol. The predicted molar refractivity (Wildman–Crippen MR) is 101 cm³/mol. The lowest BCUT2D eigenvalue weighted by Gasteiger charge is -2.39. The first kappa shape index (κ1) is 23.7. The van der Waals surface area contributed by atoms with Crippen LogP contribution < -0.4 is 0 Å². The van der Waals surface area contributed by atoms with Gasteiger partial charge in [-0.15, -0.1) is 0 Å². The number of halogens is 3. The van der Waals surface area contributed by atoms with E-state index < -0.39 is 12.1 Å². The van der Waals surface area contributed by atoms with Crippen LogP contribution in [0.3, 0.4) is 0 Å². The number of pyridine rings is 1. The molecule has 0 aromatic carbocycles. The van der Waals surface area contributed by atoms with Crippen molar-refractivity contribution >= 4 is 11.9 Å². The minimum atomic E-state index is -5.08. The van der Waals surface area contributed by atoms with Crippen LogP contribution in [0.4, 0.5) is 13.2 Å². The maximum absolute atomic E-state index is 12.5. The van der Waals surface area contributed by atoms with Crippen molar-refractivity contribution in [2.75, 3.05) is 19.7 Å². The standard InChI is InChI=1S/C18H21N3O4.C2HF3O2/c22-17(15-9-20-25-11-15)21-6-2-4-18(13-21)7-16(12-24-18)23-10-14-3-1-5-19-8-14;3-2(4,5)1(6)7/h1,3,5,8-9,11,16H,2,4,6-7,10,12-13H2;(H,6,7)/t16-,18+;/m1./s1. The van der Waals surface area contributed by atoms with Crippen LogP contribution >= 0.6 is 0 Å². The Bertz CT molecular complexity index is 894. The number of likely N-dealkylation sites (tertiary alicyclic amines) is 1. The molecular formula is C20H22F3N3O6. The number of alkyl halides is 3. The monoisotopic (exact) mass is 457 g/mol. The Balaban J connectivity index is 0.000000360.